The lowest BCUT2D eigenvalue weighted by Gasteiger charge is -2.30. The van der Waals surface area contributed by atoms with E-state index in [2.05, 4.69) is 32.0 Å². The van der Waals surface area contributed by atoms with Crippen LogP contribution in [0.1, 0.15) is 77.0 Å². The normalized spacial score (nSPS) is 14.0. The summed E-state index contributed by atoms with van der Waals surface area (Å²) in [4.78, 5) is 59.1. The van der Waals surface area contributed by atoms with E-state index < -0.39 is 112 Å². The van der Waals surface area contributed by atoms with Crippen molar-refractivity contribution in [2.75, 3.05) is 17.7 Å². The Morgan fingerprint density at radius 2 is 1.35 bits per heavy atom. The van der Waals surface area contributed by atoms with Crippen LogP contribution >= 0.6 is 11.8 Å². The number of rotatable bonds is 23. The number of nitrogens with zero attached hydrogens (tertiary/aromatic N) is 2. The van der Waals surface area contributed by atoms with Crippen LogP contribution in [0.15, 0.2) is 98.9 Å². The van der Waals surface area contributed by atoms with Crippen LogP contribution in [0, 0.1) is 35.3 Å². The highest BCUT2D eigenvalue weighted by Gasteiger charge is 2.69. The summed E-state index contributed by atoms with van der Waals surface area (Å²) in [5.74, 6) is -16.2. The molecule has 2 heterocycles. The van der Waals surface area contributed by atoms with Gasteiger partial charge in [-0.3, -0.25) is 14.4 Å². The number of aromatic nitrogens is 1. The lowest BCUT2D eigenvalue weighted by atomic mass is 9.77. The van der Waals surface area contributed by atoms with Gasteiger partial charge in [-0.1, -0.05) is 81.1 Å². The molecule has 0 saturated carbocycles. The lowest BCUT2D eigenvalue weighted by molar-refractivity contribution is -0.139. The van der Waals surface area contributed by atoms with Crippen LogP contribution in [0.2, 0.25) is 0 Å². The maximum absolute atomic E-state index is 15.4. The maximum atomic E-state index is 15.4. The number of allylic oxidation sites excluding steroid dienone is 1. The van der Waals surface area contributed by atoms with E-state index in [1.807, 2.05) is 0 Å². The first-order chi connectivity index (χ1) is 37.7. The number of nitrogens with two attached hydrogens (primary N) is 1. The van der Waals surface area contributed by atoms with Gasteiger partial charge in [0.15, 0.2) is 23.3 Å². The quantitative estimate of drug-likeness (QED) is 0.0103. The molecule has 0 radical (unpaired) electrons. The molecule has 81 heavy (non-hydrogen) atoms. The number of primary amides is 1. The van der Waals surface area contributed by atoms with Gasteiger partial charge in [0.2, 0.25) is 27.3 Å². The van der Waals surface area contributed by atoms with Gasteiger partial charge >= 0.3 is 17.0 Å². The Hall–Kier alpha value is -7.30. The zero-order valence-electron chi connectivity index (χ0n) is 42.4. The third-order valence-corrected chi connectivity index (χ3v) is 21.8. The first kappa shape index (κ1) is 64.5. The fourth-order valence-electron chi connectivity index (χ4n) is 8.19. The van der Waals surface area contributed by atoms with Crippen molar-refractivity contribution < 1.29 is 93.1 Å². The van der Waals surface area contributed by atoms with E-state index in [9.17, 15) is 70.8 Å². The predicted molar refractivity (Wildman–Crippen MR) is 277 cm³/mol. The number of H-pyrrole nitrogens is 1. The topological polar surface area (TPSA) is 263 Å². The summed E-state index contributed by atoms with van der Waals surface area (Å²) >= 11 is -0.142. The van der Waals surface area contributed by atoms with Crippen LogP contribution in [-0.4, -0.2) is 87.1 Å². The number of aliphatic imine (C=N–C) groups is 1. The number of anilines is 1. The van der Waals surface area contributed by atoms with Crippen LogP contribution in [0.5, 0.6) is 0 Å². The molecule has 5 N–H and O–H groups in total. The number of carbonyl (C=O) groups excluding carboxylic acids is 4. The molecule has 4 aromatic rings. The fourth-order valence-corrected chi connectivity index (χ4v) is 16.3. The molecule has 0 fully saturated rings. The smallest absolute Gasteiger partial charge is 0.462 e. The summed E-state index contributed by atoms with van der Waals surface area (Å²) in [6.07, 6.45) is 1.37. The Morgan fingerprint density at radius 1 is 0.815 bits per heavy atom. The van der Waals surface area contributed by atoms with Crippen LogP contribution in [0.25, 0.3) is 27.6 Å². The molecule has 3 aromatic carbocycles. The molecule has 0 unspecified atom stereocenters. The Labute approximate surface area is 460 Å². The number of amides is 3. The van der Waals surface area contributed by atoms with Crippen molar-refractivity contribution in [2.45, 2.75) is 90.4 Å². The Bertz CT molecular complexity index is 3580. The van der Waals surface area contributed by atoms with E-state index in [4.69, 9.17) is 17.0 Å². The Morgan fingerprint density at radius 3 is 1.83 bits per heavy atom. The van der Waals surface area contributed by atoms with Gasteiger partial charge < -0.3 is 26.1 Å². The Kier molecular flexibility index (Phi) is 20.1. The van der Waals surface area contributed by atoms with Crippen LogP contribution in [-0.2, 0) is 53.4 Å². The number of hydrogen-bond acceptors (Lipinski definition) is 13. The summed E-state index contributed by atoms with van der Waals surface area (Å²) in [6.45, 7) is 16.2. The summed E-state index contributed by atoms with van der Waals surface area (Å²) in [7, 11) is -24.0. The maximum Gasteiger partial charge on any atom is 0.499 e. The summed E-state index contributed by atoms with van der Waals surface area (Å²) in [6, 6.07) is 16.5. The number of nitrogens with one attached hydrogen (secondary N) is 3. The lowest BCUT2D eigenvalue weighted by Crippen LogP contribution is -2.49. The van der Waals surface area contributed by atoms with Crippen molar-refractivity contribution in [3.05, 3.63) is 130 Å². The number of alkyl halides is 6. The molecule has 0 bridgehead atoms. The SMILES string of the molecule is [C-]#[N+]c1c(NC(=O)CCCCOC(=O)C(=C)C)[nH]c(C=C2N=C(NC(=O)C(CC)(CC)CCCSc3c(F)c(F)c(S(=O)(=O)C(S(=O)(=O)C(F)(F)F)S(=O)(=O)C(F)(F)F)c(F)c3F)C(C(N)=O)=C2c2ccccc2)c1-c1ccccc1. The molecule has 3 amide bonds. The average molecular weight is 1230 g/mol. The number of hydrogen-bond donors (Lipinski definition) is 4. The molecule has 1 aliphatic heterocycles. The molecule has 31 heteroatoms. The van der Waals surface area contributed by atoms with Gasteiger partial charge in [-0.05, 0) is 68.4 Å². The molecule has 436 valence electrons. The first-order valence-electron chi connectivity index (χ1n) is 23.5. The van der Waals surface area contributed by atoms with Crippen molar-refractivity contribution in [1.29, 1.82) is 0 Å². The third-order valence-electron chi connectivity index (χ3n) is 12.4. The minimum Gasteiger partial charge on any atom is -0.462 e. The number of esters is 1. The number of thioether (sulfide) groups is 1. The molecule has 0 aliphatic carbocycles. The van der Waals surface area contributed by atoms with Crippen molar-refractivity contribution in [3.63, 3.8) is 0 Å². The van der Waals surface area contributed by atoms with Gasteiger partial charge in [0, 0.05) is 34.2 Å². The zero-order valence-corrected chi connectivity index (χ0v) is 45.6. The average Bonchev–Trinajstić information content (AvgIpc) is 3.93. The third kappa shape index (κ3) is 13.4. The monoisotopic (exact) mass is 1220 g/mol. The van der Waals surface area contributed by atoms with Gasteiger partial charge in [0.05, 0.1) is 29.3 Å². The highest BCUT2D eigenvalue weighted by atomic mass is 32.3. The second-order valence-electron chi connectivity index (χ2n) is 17.6. The number of unbranched alkanes of at least 4 members (excludes halogenated alkanes) is 1. The molecular weight excluding hydrogens is 1180 g/mol. The summed E-state index contributed by atoms with van der Waals surface area (Å²) in [5.41, 5.74) is -8.57. The fraction of sp³-hybridized carbons (Fsp3) is 0.320. The van der Waals surface area contributed by atoms with Crippen LogP contribution in [0.3, 0.4) is 0 Å². The Balaban J connectivity index is 1.49. The van der Waals surface area contributed by atoms with Crippen molar-refractivity contribution in [1.82, 2.24) is 10.3 Å². The number of benzene rings is 3. The van der Waals surface area contributed by atoms with Gasteiger partial charge in [0.25, 0.3) is 29.5 Å². The second kappa shape index (κ2) is 25.2. The van der Waals surface area contributed by atoms with Crippen molar-refractivity contribution in [3.8, 4) is 11.1 Å². The van der Waals surface area contributed by atoms with Crippen molar-refractivity contribution >= 4 is 94.0 Å². The standard InChI is InChI=1S/C50H46F10N6O11S4/c1-6-48(7-2,22-16-24-78-40-35(51)37(53)41(38(54)36(40)52)79(71,72)47(80(73,74)49(55,56)57)81(75,76)50(58,59)60)46(70)66-43-34(42(61)68)32(27-17-10-8-11-18-27)29(63-43)25-30-33(28-19-12-9-13-20-28)39(62-5)44(64-30)65-31(67)21-14-15-23-77-45(69)26(3)4/h8-13,17-20,25,47,64H,3,6-7,14-16,21-24H2,1-2,4H3,(H2,61,68)(H,65,67)(H,63,66,70). The van der Waals surface area contributed by atoms with Gasteiger partial charge in [-0.2, -0.15) is 26.3 Å². The molecule has 17 nitrogen and oxygen atoms in total. The molecule has 5 rings (SSSR count). The highest BCUT2D eigenvalue weighted by Crippen LogP contribution is 2.46. The second-order valence-corrected chi connectivity index (χ2v) is 25.6. The van der Waals surface area contributed by atoms with Gasteiger partial charge in [-0.15, -0.1) is 11.8 Å². The number of ether oxygens (including phenoxy) is 1. The van der Waals surface area contributed by atoms with E-state index in [0.717, 1.165) is 0 Å². The van der Waals surface area contributed by atoms with Gasteiger partial charge in [-0.25, -0.2) is 57.4 Å². The molecule has 1 aliphatic rings. The first-order valence-corrected chi connectivity index (χ1v) is 29.1. The number of sulfone groups is 3. The zero-order chi connectivity index (χ0) is 60.8. The predicted octanol–water partition coefficient (Wildman–Crippen LogP) is 10.1. The van der Waals surface area contributed by atoms with E-state index >= 15 is 17.6 Å². The van der Waals surface area contributed by atoms with Crippen molar-refractivity contribution in [2.24, 2.45) is 16.1 Å². The molecule has 1 aromatic heterocycles. The largest absolute Gasteiger partial charge is 0.499 e. The van der Waals surface area contributed by atoms with Crippen LogP contribution in [0.4, 0.5) is 55.4 Å². The van der Waals surface area contributed by atoms with E-state index in [-0.39, 0.29) is 101 Å². The van der Waals surface area contributed by atoms with E-state index in [0.29, 0.717) is 24.0 Å². The van der Waals surface area contributed by atoms with E-state index in [1.165, 1.54) is 26.8 Å². The molecule has 0 spiro atoms. The summed E-state index contributed by atoms with van der Waals surface area (Å²) in [5, 5.41) is 5.33. The highest BCUT2D eigenvalue weighted by molar-refractivity contribution is 8.24. The van der Waals surface area contributed by atoms with Crippen LogP contribution < -0.4 is 16.4 Å². The summed E-state index contributed by atoms with van der Waals surface area (Å²) < 4.78 is 216. The number of amidine groups is 1. The number of carbonyl (C=O) groups is 4. The molecular formula is C50H46F10N6O11S4. The minimum absolute atomic E-state index is 0.000692. The number of aromatic amines is 1. The minimum atomic E-state index is -8.15. The molecule has 0 atom stereocenters. The number of halogens is 10. The van der Waals surface area contributed by atoms with Gasteiger partial charge in [0.1, 0.15) is 16.5 Å². The van der Waals surface area contributed by atoms with E-state index in [1.54, 1.807) is 60.7 Å². The molecule has 0 saturated heterocycles.